The van der Waals surface area contributed by atoms with Gasteiger partial charge in [-0.1, -0.05) is 17.4 Å². The van der Waals surface area contributed by atoms with Crippen molar-refractivity contribution in [2.24, 2.45) is 0 Å². The molecule has 1 amide bonds. The van der Waals surface area contributed by atoms with Crippen LogP contribution in [0.5, 0.6) is 0 Å². The lowest BCUT2D eigenvalue weighted by Gasteiger charge is -2.27. The Morgan fingerprint density at radius 3 is 2.67 bits per heavy atom. The van der Waals surface area contributed by atoms with Gasteiger partial charge in [0.25, 0.3) is 0 Å². The number of benzene rings is 2. The Balaban J connectivity index is 1.37. The third-order valence-electron chi connectivity index (χ3n) is 5.47. The molecule has 0 saturated carbocycles. The van der Waals surface area contributed by atoms with Crippen molar-refractivity contribution in [2.45, 2.75) is 24.2 Å². The van der Waals surface area contributed by atoms with Crippen molar-refractivity contribution in [2.75, 3.05) is 50.0 Å². The highest BCUT2D eigenvalue weighted by Gasteiger charge is 2.21. The Morgan fingerprint density at radius 1 is 1.12 bits per heavy atom. The molecule has 1 aliphatic heterocycles. The number of anilines is 1. The smallest absolute Gasteiger partial charge is 0.228 e. The fraction of sp³-hybridized carbons (Fsp3) is 0.417. The standard InChI is InChI=1S/C24H27F2N3O2S2/c25-18-7-9-19(10-8-18)32-17-2-6-22(30)29(12-3-11-28-13-15-31-16-14-28)24-27-23-20(26)4-1-5-21(23)33-24/h1,4-5,7-10H,2-3,6,11-17H2. The number of fused-ring (bicyclic) bond motifs is 1. The van der Waals surface area contributed by atoms with Gasteiger partial charge in [-0.25, -0.2) is 13.8 Å². The molecule has 0 atom stereocenters. The van der Waals surface area contributed by atoms with E-state index < -0.39 is 0 Å². The third-order valence-corrected chi connectivity index (χ3v) is 7.61. The Hall–Kier alpha value is -2.07. The van der Waals surface area contributed by atoms with Crippen LogP contribution < -0.4 is 4.90 Å². The van der Waals surface area contributed by atoms with Crippen LogP contribution in [0.15, 0.2) is 47.4 Å². The molecule has 2 aromatic carbocycles. The van der Waals surface area contributed by atoms with Gasteiger partial charge in [0.2, 0.25) is 5.91 Å². The molecule has 0 spiro atoms. The Bertz CT molecular complexity index is 1060. The highest BCUT2D eigenvalue weighted by atomic mass is 32.2. The topological polar surface area (TPSA) is 45.7 Å². The molecule has 1 fully saturated rings. The van der Waals surface area contributed by atoms with Gasteiger partial charge in [-0.3, -0.25) is 14.6 Å². The number of amides is 1. The molecule has 0 radical (unpaired) electrons. The minimum absolute atomic E-state index is 0.00357. The lowest BCUT2D eigenvalue weighted by Crippen LogP contribution is -2.39. The SMILES string of the molecule is O=C(CCCSc1ccc(F)cc1)N(CCCN1CCOCC1)c1nc2c(F)cccc2s1. The van der Waals surface area contributed by atoms with Crippen molar-refractivity contribution < 1.29 is 18.3 Å². The summed E-state index contributed by atoms with van der Waals surface area (Å²) in [5, 5.41) is 0.549. The van der Waals surface area contributed by atoms with Gasteiger partial charge in [0, 0.05) is 37.5 Å². The first-order valence-corrected chi connectivity index (χ1v) is 12.9. The van der Waals surface area contributed by atoms with Crippen molar-refractivity contribution in [3.63, 3.8) is 0 Å². The summed E-state index contributed by atoms with van der Waals surface area (Å²) in [6, 6.07) is 11.3. The molecular weight excluding hydrogens is 464 g/mol. The van der Waals surface area contributed by atoms with Gasteiger partial charge in [0.05, 0.1) is 17.9 Å². The Kier molecular flexibility index (Phi) is 8.66. The summed E-state index contributed by atoms with van der Waals surface area (Å²) in [6.07, 6.45) is 1.89. The van der Waals surface area contributed by atoms with E-state index in [0.717, 1.165) is 54.6 Å². The van der Waals surface area contributed by atoms with E-state index in [1.807, 2.05) is 6.07 Å². The van der Waals surface area contributed by atoms with Crippen LogP contribution in [0.1, 0.15) is 19.3 Å². The van der Waals surface area contributed by atoms with Crippen LogP contribution in [-0.2, 0) is 9.53 Å². The number of hydrogen-bond donors (Lipinski definition) is 0. The molecule has 2 heterocycles. The molecule has 9 heteroatoms. The van der Waals surface area contributed by atoms with E-state index in [4.69, 9.17) is 4.74 Å². The van der Waals surface area contributed by atoms with E-state index in [1.165, 1.54) is 29.5 Å². The van der Waals surface area contributed by atoms with Crippen molar-refractivity contribution >= 4 is 44.4 Å². The first-order valence-electron chi connectivity index (χ1n) is 11.1. The monoisotopic (exact) mass is 491 g/mol. The maximum Gasteiger partial charge on any atom is 0.228 e. The van der Waals surface area contributed by atoms with Gasteiger partial charge in [-0.05, 0) is 55.0 Å². The van der Waals surface area contributed by atoms with Gasteiger partial charge < -0.3 is 4.74 Å². The van der Waals surface area contributed by atoms with Crippen molar-refractivity contribution in [3.05, 3.63) is 54.1 Å². The second-order valence-corrected chi connectivity index (χ2v) is 10.0. The number of thiazole rings is 1. The summed E-state index contributed by atoms with van der Waals surface area (Å²) < 4.78 is 33.4. The zero-order chi connectivity index (χ0) is 23.0. The number of ether oxygens (including phenoxy) is 1. The largest absolute Gasteiger partial charge is 0.379 e. The van der Waals surface area contributed by atoms with Crippen LogP contribution in [-0.4, -0.2) is 60.9 Å². The number of hydrogen-bond acceptors (Lipinski definition) is 6. The molecule has 4 rings (SSSR count). The molecule has 176 valence electrons. The summed E-state index contributed by atoms with van der Waals surface area (Å²) in [7, 11) is 0. The molecular formula is C24H27F2N3O2S2. The van der Waals surface area contributed by atoms with Crippen LogP contribution in [0.25, 0.3) is 10.2 Å². The maximum atomic E-state index is 14.2. The van der Waals surface area contributed by atoms with Gasteiger partial charge in [-0.15, -0.1) is 11.8 Å². The number of aromatic nitrogens is 1. The van der Waals surface area contributed by atoms with E-state index in [1.54, 1.807) is 34.9 Å². The van der Waals surface area contributed by atoms with E-state index in [0.29, 0.717) is 30.0 Å². The second kappa shape index (κ2) is 11.9. The van der Waals surface area contributed by atoms with Crippen molar-refractivity contribution in [1.82, 2.24) is 9.88 Å². The predicted molar refractivity (Wildman–Crippen MR) is 130 cm³/mol. The predicted octanol–water partition coefficient (Wildman–Crippen LogP) is 5.20. The number of carbonyl (C=O) groups is 1. The Labute approximate surface area is 200 Å². The molecule has 0 unspecified atom stereocenters. The average Bonchev–Trinajstić information content (AvgIpc) is 3.26. The van der Waals surface area contributed by atoms with E-state index in [9.17, 15) is 13.6 Å². The lowest BCUT2D eigenvalue weighted by molar-refractivity contribution is -0.118. The number of rotatable bonds is 10. The van der Waals surface area contributed by atoms with Crippen LogP contribution in [0.2, 0.25) is 0 Å². The van der Waals surface area contributed by atoms with Gasteiger partial charge in [-0.2, -0.15) is 0 Å². The first kappa shape index (κ1) is 24.1. The molecule has 3 aromatic rings. The minimum atomic E-state index is -0.369. The van der Waals surface area contributed by atoms with Crippen LogP contribution >= 0.6 is 23.1 Å². The quantitative estimate of drug-likeness (QED) is 0.288. The summed E-state index contributed by atoms with van der Waals surface area (Å²) in [5.41, 5.74) is 0.315. The van der Waals surface area contributed by atoms with Crippen LogP contribution in [0.3, 0.4) is 0 Å². The number of morpholine rings is 1. The molecule has 0 bridgehead atoms. The number of halogens is 2. The summed E-state index contributed by atoms with van der Waals surface area (Å²) >= 11 is 2.95. The molecule has 33 heavy (non-hydrogen) atoms. The molecule has 1 aliphatic rings. The molecule has 1 aromatic heterocycles. The fourth-order valence-corrected chi connectivity index (χ4v) is 5.58. The third kappa shape index (κ3) is 6.72. The first-order chi connectivity index (χ1) is 16.1. The van der Waals surface area contributed by atoms with Crippen LogP contribution in [0.4, 0.5) is 13.9 Å². The fourth-order valence-electron chi connectivity index (χ4n) is 3.70. The summed E-state index contributed by atoms with van der Waals surface area (Å²) in [4.78, 5) is 22.6. The molecule has 1 saturated heterocycles. The summed E-state index contributed by atoms with van der Waals surface area (Å²) in [6.45, 7) is 4.72. The van der Waals surface area contributed by atoms with Crippen molar-refractivity contribution in [1.29, 1.82) is 0 Å². The normalized spacial score (nSPS) is 14.6. The number of para-hydroxylation sites is 1. The van der Waals surface area contributed by atoms with Gasteiger partial charge in [0.15, 0.2) is 5.13 Å². The average molecular weight is 492 g/mol. The van der Waals surface area contributed by atoms with Gasteiger partial charge >= 0.3 is 0 Å². The van der Waals surface area contributed by atoms with Gasteiger partial charge in [0.1, 0.15) is 17.2 Å². The lowest BCUT2D eigenvalue weighted by atomic mass is 10.2. The maximum absolute atomic E-state index is 14.2. The highest BCUT2D eigenvalue weighted by molar-refractivity contribution is 7.99. The highest BCUT2D eigenvalue weighted by Crippen LogP contribution is 2.31. The Morgan fingerprint density at radius 2 is 1.91 bits per heavy atom. The number of nitrogens with zero attached hydrogens (tertiary/aromatic N) is 3. The van der Waals surface area contributed by atoms with E-state index in [2.05, 4.69) is 9.88 Å². The second-order valence-electron chi connectivity index (χ2n) is 7.84. The van der Waals surface area contributed by atoms with Crippen molar-refractivity contribution in [3.8, 4) is 0 Å². The van der Waals surface area contributed by atoms with E-state index >= 15 is 0 Å². The summed E-state index contributed by atoms with van der Waals surface area (Å²) in [5.74, 6) is 0.130. The van der Waals surface area contributed by atoms with E-state index in [-0.39, 0.29) is 17.5 Å². The molecule has 0 N–H and O–H groups in total. The van der Waals surface area contributed by atoms with Crippen LogP contribution in [0, 0.1) is 11.6 Å². The number of thioether (sulfide) groups is 1. The number of carbonyl (C=O) groups excluding carboxylic acids is 1. The zero-order valence-electron chi connectivity index (χ0n) is 18.3. The zero-order valence-corrected chi connectivity index (χ0v) is 20.0. The minimum Gasteiger partial charge on any atom is -0.379 e. The molecule has 0 aliphatic carbocycles. The molecule has 5 nitrogen and oxygen atoms in total.